The number of hydrogen-bond donors (Lipinski definition) is 1. The fourth-order valence-corrected chi connectivity index (χ4v) is 1.70. The minimum absolute atomic E-state index is 0.0914. The molecule has 0 amide bonds. The van der Waals surface area contributed by atoms with E-state index in [0.29, 0.717) is 11.6 Å². The van der Waals surface area contributed by atoms with Gasteiger partial charge in [-0.2, -0.15) is 0 Å². The molecule has 0 unspecified atom stereocenters. The third kappa shape index (κ3) is 9.64. The normalized spacial score (nSPS) is 9.09. The standard InChI is InChI=1S/C5H8O4S2/c6-2-9-3-11-4-10-1-5(7)8/h2H,1,3-4H2,(H,7,8). The average Bonchev–Trinajstić information content (AvgIpc) is 1.96. The second-order valence-electron chi connectivity index (χ2n) is 1.44. The third-order valence-electron chi connectivity index (χ3n) is 0.612. The molecule has 0 spiro atoms. The van der Waals surface area contributed by atoms with E-state index in [9.17, 15) is 9.59 Å². The summed E-state index contributed by atoms with van der Waals surface area (Å²) in [6, 6.07) is 0. The lowest BCUT2D eigenvalue weighted by Crippen LogP contribution is -1.98. The minimum Gasteiger partial charge on any atom is -0.481 e. The van der Waals surface area contributed by atoms with Gasteiger partial charge in [-0.15, -0.1) is 23.5 Å². The summed E-state index contributed by atoms with van der Waals surface area (Å²) in [5.74, 6) is -0.448. The highest BCUT2D eigenvalue weighted by atomic mass is 32.2. The van der Waals surface area contributed by atoms with E-state index < -0.39 is 5.97 Å². The topological polar surface area (TPSA) is 63.6 Å². The van der Waals surface area contributed by atoms with Gasteiger partial charge in [-0.1, -0.05) is 0 Å². The molecule has 6 heteroatoms. The Hall–Kier alpha value is -0.360. The summed E-state index contributed by atoms with van der Waals surface area (Å²) in [7, 11) is 0. The fraction of sp³-hybridized carbons (Fsp3) is 0.600. The second-order valence-corrected chi connectivity index (χ2v) is 3.73. The molecule has 0 aromatic rings. The van der Waals surface area contributed by atoms with Crippen molar-refractivity contribution in [3.8, 4) is 0 Å². The van der Waals surface area contributed by atoms with Crippen molar-refractivity contribution >= 4 is 36.0 Å². The van der Waals surface area contributed by atoms with Gasteiger partial charge in [0, 0.05) is 5.08 Å². The molecule has 0 rings (SSSR count). The molecule has 0 fully saturated rings. The van der Waals surface area contributed by atoms with Crippen molar-refractivity contribution in [1.29, 1.82) is 0 Å². The highest BCUT2D eigenvalue weighted by molar-refractivity contribution is 8.16. The molecule has 0 aliphatic heterocycles. The van der Waals surface area contributed by atoms with Crippen LogP contribution in [0.3, 0.4) is 0 Å². The van der Waals surface area contributed by atoms with Crippen LogP contribution in [0.2, 0.25) is 0 Å². The second kappa shape index (κ2) is 7.74. The van der Waals surface area contributed by atoms with E-state index in [1.165, 1.54) is 23.5 Å². The van der Waals surface area contributed by atoms with Crippen LogP contribution in [0.5, 0.6) is 0 Å². The number of hydrogen-bond acceptors (Lipinski definition) is 5. The predicted molar refractivity (Wildman–Crippen MR) is 44.6 cm³/mol. The van der Waals surface area contributed by atoms with Gasteiger partial charge in [0.15, 0.2) is 0 Å². The van der Waals surface area contributed by atoms with Crippen LogP contribution in [0.25, 0.3) is 0 Å². The molecule has 11 heavy (non-hydrogen) atoms. The summed E-state index contributed by atoms with van der Waals surface area (Å²) < 4.78 is 4.36. The number of rotatable bonds is 7. The lowest BCUT2D eigenvalue weighted by molar-refractivity contribution is -0.134. The van der Waals surface area contributed by atoms with Crippen LogP contribution in [0.15, 0.2) is 0 Å². The molecule has 0 saturated heterocycles. The Labute approximate surface area is 72.7 Å². The van der Waals surface area contributed by atoms with E-state index in [-0.39, 0.29) is 11.7 Å². The lowest BCUT2D eigenvalue weighted by Gasteiger charge is -1.96. The predicted octanol–water partition coefficient (Wildman–Crippen LogP) is 0.625. The maximum Gasteiger partial charge on any atom is 0.313 e. The first-order valence-electron chi connectivity index (χ1n) is 2.70. The summed E-state index contributed by atoms with van der Waals surface area (Å²) in [4.78, 5) is 19.6. The first-order valence-corrected chi connectivity index (χ1v) is 5.01. The SMILES string of the molecule is O=COCSCSCC(=O)O. The molecule has 0 atom stereocenters. The van der Waals surface area contributed by atoms with Crippen molar-refractivity contribution in [3.05, 3.63) is 0 Å². The molecule has 0 aromatic heterocycles. The van der Waals surface area contributed by atoms with Crippen LogP contribution in [0.4, 0.5) is 0 Å². The van der Waals surface area contributed by atoms with Crippen LogP contribution in [0.1, 0.15) is 0 Å². The zero-order valence-corrected chi connectivity index (χ0v) is 7.32. The molecule has 4 nitrogen and oxygen atoms in total. The van der Waals surface area contributed by atoms with Gasteiger partial charge in [0.2, 0.25) is 0 Å². The first kappa shape index (κ1) is 10.6. The van der Waals surface area contributed by atoms with Crippen LogP contribution in [-0.2, 0) is 14.3 Å². The number of thioether (sulfide) groups is 2. The number of carbonyl (C=O) groups excluding carboxylic acids is 1. The van der Waals surface area contributed by atoms with E-state index in [2.05, 4.69) is 4.74 Å². The zero-order chi connectivity index (χ0) is 8.53. The summed E-state index contributed by atoms with van der Waals surface area (Å²) in [6.07, 6.45) is 0. The molecular weight excluding hydrogens is 188 g/mol. The minimum atomic E-state index is -0.827. The van der Waals surface area contributed by atoms with Gasteiger partial charge in [-0.3, -0.25) is 9.59 Å². The van der Waals surface area contributed by atoms with Gasteiger partial charge < -0.3 is 9.84 Å². The van der Waals surface area contributed by atoms with Crippen LogP contribution in [-0.4, -0.2) is 34.3 Å². The van der Waals surface area contributed by atoms with E-state index in [0.717, 1.165) is 0 Å². The zero-order valence-electron chi connectivity index (χ0n) is 5.69. The molecule has 0 aliphatic rings. The van der Waals surface area contributed by atoms with Crippen molar-refractivity contribution in [3.63, 3.8) is 0 Å². The van der Waals surface area contributed by atoms with Crippen LogP contribution < -0.4 is 0 Å². The van der Waals surface area contributed by atoms with Crippen LogP contribution >= 0.6 is 23.5 Å². The van der Waals surface area contributed by atoms with Gasteiger partial charge in [-0.25, -0.2) is 0 Å². The summed E-state index contributed by atoms with van der Waals surface area (Å²) in [5, 5.41) is 8.82. The Morgan fingerprint density at radius 2 is 2.27 bits per heavy atom. The Morgan fingerprint density at radius 1 is 1.55 bits per heavy atom. The summed E-state index contributed by atoms with van der Waals surface area (Å²) in [5.41, 5.74) is 0. The van der Waals surface area contributed by atoms with E-state index >= 15 is 0 Å². The van der Waals surface area contributed by atoms with Crippen molar-refractivity contribution in [2.24, 2.45) is 0 Å². The molecule has 64 valence electrons. The van der Waals surface area contributed by atoms with Crippen molar-refractivity contribution in [1.82, 2.24) is 0 Å². The molecule has 0 aliphatic carbocycles. The molecule has 0 heterocycles. The maximum absolute atomic E-state index is 9.97. The van der Waals surface area contributed by atoms with Crippen molar-refractivity contribution < 1.29 is 19.4 Å². The van der Waals surface area contributed by atoms with Crippen molar-refractivity contribution in [2.45, 2.75) is 0 Å². The summed E-state index contributed by atoms with van der Waals surface area (Å²) in [6.45, 7) is 0.370. The largest absolute Gasteiger partial charge is 0.481 e. The van der Waals surface area contributed by atoms with Gasteiger partial charge in [0.1, 0.15) is 5.94 Å². The van der Waals surface area contributed by atoms with Crippen molar-refractivity contribution in [2.75, 3.05) is 16.8 Å². The van der Waals surface area contributed by atoms with E-state index in [4.69, 9.17) is 5.11 Å². The van der Waals surface area contributed by atoms with Gasteiger partial charge in [-0.05, 0) is 0 Å². The number of aliphatic carboxylic acids is 1. The van der Waals surface area contributed by atoms with E-state index in [1.807, 2.05) is 0 Å². The molecule has 0 radical (unpaired) electrons. The number of carboxylic acid groups (broad SMARTS) is 1. The highest BCUT2D eigenvalue weighted by Crippen LogP contribution is 2.10. The quantitative estimate of drug-likeness (QED) is 0.366. The molecular formula is C5H8O4S2. The Bertz CT molecular complexity index is 128. The van der Waals surface area contributed by atoms with Gasteiger partial charge >= 0.3 is 5.97 Å². The highest BCUT2D eigenvalue weighted by Gasteiger charge is 1.95. The van der Waals surface area contributed by atoms with E-state index in [1.54, 1.807) is 0 Å². The Balaban J connectivity index is 2.90. The molecule has 0 aromatic carbocycles. The van der Waals surface area contributed by atoms with Gasteiger partial charge in [0.05, 0.1) is 5.75 Å². The third-order valence-corrected chi connectivity index (χ3v) is 2.70. The van der Waals surface area contributed by atoms with Crippen LogP contribution in [0, 0.1) is 0 Å². The Morgan fingerprint density at radius 3 is 2.82 bits per heavy atom. The smallest absolute Gasteiger partial charge is 0.313 e. The number of ether oxygens (including phenoxy) is 1. The number of carbonyl (C=O) groups is 2. The maximum atomic E-state index is 9.97. The molecule has 1 N–H and O–H groups in total. The monoisotopic (exact) mass is 196 g/mol. The fourth-order valence-electron chi connectivity index (χ4n) is 0.298. The molecule has 0 saturated carbocycles. The number of carboxylic acids is 1. The Kier molecular flexibility index (Phi) is 7.49. The molecule has 0 bridgehead atoms. The lowest BCUT2D eigenvalue weighted by atomic mass is 10.8. The first-order chi connectivity index (χ1) is 5.27. The van der Waals surface area contributed by atoms with Gasteiger partial charge in [0.25, 0.3) is 6.47 Å². The summed E-state index contributed by atoms with van der Waals surface area (Å²) >= 11 is 2.65. The average molecular weight is 196 g/mol.